The van der Waals surface area contributed by atoms with E-state index < -0.39 is 49.6 Å². The molecule has 9 aromatic rings. The fourth-order valence-corrected chi connectivity index (χ4v) is 18.3. The number of alkyl carbamates (subject to hydrolysis) is 3. The van der Waals surface area contributed by atoms with Gasteiger partial charge in [-0.05, 0) is 192 Å². The third kappa shape index (κ3) is 39.9. The van der Waals surface area contributed by atoms with Crippen LogP contribution in [0.1, 0.15) is 177 Å². The number of benzene rings is 6. The van der Waals surface area contributed by atoms with Crippen molar-refractivity contribution in [3.05, 3.63) is 265 Å². The minimum atomic E-state index is -0.951. The van der Waals surface area contributed by atoms with Crippen molar-refractivity contribution >= 4 is 93.6 Å². The van der Waals surface area contributed by atoms with E-state index in [4.69, 9.17) is 14.2 Å². The Labute approximate surface area is 793 Å². The standard InChI is InChI=1S/C36H47N5O5S.2C33H42N4O5S/c1-27(42)38-18-17-33(40-35(44)41-19-9-4-10-20-41)34(43)23-30(21-28-11-5-2-6-12-28)15-16-31(22-29-13-7-3-8-14-29)39-36(45)46-25-32-24-37-26-47-32;2*38-22-30(36-32(40)37-16-8-3-9-17-37)31(39)20-27(18-25-10-4-1-5-11-25)14-15-28(19-26-12-6-2-7-13-26)35-33(41)42-23-29-21-34-24-43-29/h2-3,5-8,11-14,24,26,30-31,33H,4,9-10,15-23,25H2,1H3,(H,38,42)(H,39,45)(H,40,44);2*1-2,4-7,10-13,21,24,27-28,30,38H,3,8-9,14-20,22-23H2,(H,35,41)(H,36,40)/t30-,31-,33+;27-,28-,30+;27-,28-,30-/m110/s1. The average Bonchev–Trinajstić information content (AvgIpc) is 1.85. The Morgan fingerprint density at radius 3 is 0.835 bits per heavy atom. The van der Waals surface area contributed by atoms with Crippen LogP contribution in [0, 0.1) is 17.8 Å². The van der Waals surface area contributed by atoms with Gasteiger partial charge in [0.25, 0.3) is 0 Å². The topological polar surface area (TPSA) is 371 Å². The van der Waals surface area contributed by atoms with E-state index in [0.717, 1.165) is 106 Å². The van der Waals surface area contributed by atoms with Crippen LogP contribution in [0.25, 0.3) is 0 Å². The summed E-state index contributed by atoms with van der Waals surface area (Å²) in [7, 11) is 0. The van der Waals surface area contributed by atoms with Gasteiger partial charge in [-0.2, -0.15) is 0 Å². The molecule has 3 aliphatic heterocycles. The van der Waals surface area contributed by atoms with Gasteiger partial charge in [0.05, 0.1) is 50.4 Å². The zero-order chi connectivity index (χ0) is 93.8. The molecule has 712 valence electrons. The second-order valence-corrected chi connectivity index (χ2v) is 37.3. The lowest BCUT2D eigenvalue weighted by Crippen LogP contribution is -2.51. The number of likely N-dealkylation sites (tertiary alicyclic amines) is 3. The van der Waals surface area contributed by atoms with Crippen molar-refractivity contribution in [2.24, 2.45) is 17.8 Å². The first-order valence-electron chi connectivity index (χ1n) is 46.7. The summed E-state index contributed by atoms with van der Waals surface area (Å²) in [5.74, 6) is -0.751. The molecule has 9 atom stereocenters. The van der Waals surface area contributed by atoms with Gasteiger partial charge in [0.1, 0.15) is 31.9 Å². The number of nitrogens with zero attached hydrogens (tertiary/aromatic N) is 6. The normalized spacial score (nSPS) is 15.1. The quantitative estimate of drug-likeness (QED) is 0.0160. The van der Waals surface area contributed by atoms with Gasteiger partial charge in [0.15, 0.2) is 17.3 Å². The smallest absolute Gasteiger partial charge is 0.407 e. The average molecular weight is 1880 g/mol. The summed E-state index contributed by atoms with van der Waals surface area (Å²) in [6.07, 6.45) is 21.3. The minimum absolute atomic E-state index is 0.0339. The molecule has 133 heavy (non-hydrogen) atoms. The van der Waals surface area contributed by atoms with Crippen LogP contribution >= 0.6 is 34.0 Å². The molecule has 9 N–H and O–H groups in total. The van der Waals surface area contributed by atoms with Gasteiger partial charge in [-0.3, -0.25) is 34.1 Å². The Balaban J connectivity index is 0.000000207. The molecule has 0 saturated carbocycles. The van der Waals surface area contributed by atoms with Crippen LogP contribution in [0.15, 0.2) is 217 Å². The number of hydrogen-bond acceptors (Lipinski definition) is 21. The highest BCUT2D eigenvalue weighted by Crippen LogP contribution is 2.28. The maximum atomic E-state index is 13.9. The van der Waals surface area contributed by atoms with Crippen LogP contribution in [-0.2, 0) is 91.7 Å². The molecule has 31 heteroatoms. The van der Waals surface area contributed by atoms with Crippen molar-refractivity contribution in [3.63, 3.8) is 0 Å². The third-order valence-electron chi connectivity index (χ3n) is 23.9. The van der Waals surface area contributed by atoms with Crippen molar-refractivity contribution in [2.45, 2.75) is 224 Å². The molecule has 0 bridgehead atoms. The summed E-state index contributed by atoms with van der Waals surface area (Å²) in [4.78, 5) is 149. The van der Waals surface area contributed by atoms with Crippen molar-refractivity contribution in [1.82, 2.24) is 66.9 Å². The number of carbonyl (C=O) groups excluding carboxylic acids is 10. The van der Waals surface area contributed by atoms with E-state index in [1.165, 1.54) is 40.9 Å². The lowest BCUT2D eigenvalue weighted by Gasteiger charge is -2.29. The van der Waals surface area contributed by atoms with Gasteiger partial charge in [0.2, 0.25) is 5.91 Å². The highest BCUT2D eigenvalue weighted by molar-refractivity contribution is 7.10. The number of carbonyl (C=O) groups is 10. The summed E-state index contributed by atoms with van der Waals surface area (Å²) in [6.45, 7) is 5.33. The first-order valence-corrected chi connectivity index (χ1v) is 49.4. The van der Waals surface area contributed by atoms with Crippen LogP contribution in [-0.4, -0.2) is 195 Å². The molecule has 0 radical (unpaired) electrons. The molecule has 10 amide bonds. The van der Waals surface area contributed by atoms with E-state index >= 15 is 0 Å². The fourth-order valence-electron chi connectivity index (χ4n) is 16.8. The monoisotopic (exact) mass is 1870 g/mol. The van der Waals surface area contributed by atoms with Gasteiger partial charge >= 0.3 is 36.4 Å². The summed E-state index contributed by atoms with van der Waals surface area (Å²) >= 11 is 4.29. The second-order valence-electron chi connectivity index (χ2n) is 34.4. The molecule has 0 aliphatic carbocycles. The first-order chi connectivity index (χ1) is 64.8. The molecule has 28 nitrogen and oxygen atoms in total. The van der Waals surface area contributed by atoms with Crippen LogP contribution in [0.4, 0.5) is 28.8 Å². The number of piperidine rings is 3. The maximum Gasteiger partial charge on any atom is 0.407 e. The second kappa shape index (κ2) is 59.0. The SMILES string of the molecule is CC(=O)NCC[C@H](NC(=O)N1CCCCC1)C(=O)C[C@H](CC[C@H](Cc1ccccc1)NC(=O)OCc1cncs1)Cc1ccccc1.O=C(N[C@@H](CC[C@H](CC(=O)[C@H](CO)NC(=O)N1CCCCC1)Cc1ccccc1)Cc1ccccc1)OCc1cncs1.O=C(N[C@H](CC[C@@H](CC(=O)[C@H](CO)NC(=O)N1CCCCC1)Cc1ccccc1)Cc1ccccc1)OCc1cncs1. The Bertz CT molecular complexity index is 4650. The summed E-state index contributed by atoms with van der Waals surface area (Å²) in [5.41, 5.74) is 11.7. The fraction of sp³-hybridized carbons (Fsp3) is 0.461. The zero-order valence-corrected chi connectivity index (χ0v) is 78.7. The number of nitrogens with one attached hydrogen (secondary N) is 7. The van der Waals surface area contributed by atoms with E-state index in [-0.39, 0.29) is 116 Å². The predicted molar refractivity (Wildman–Crippen MR) is 516 cm³/mol. The highest BCUT2D eigenvalue weighted by Gasteiger charge is 2.33. The lowest BCUT2D eigenvalue weighted by atomic mass is 9.86. The van der Waals surface area contributed by atoms with E-state index in [2.05, 4.69) is 64.3 Å². The molecule has 3 fully saturated rings. The molecule has 0 unspecified atom stereocenters. The molecule has 3 saturated heterocycles. The molecular weight excluding hydrogens is 1740 g/mol. The van der Waals surface area contributed by atoms with E-state index in [1.54, 1.807) is 49.8 Å². The highest BCUT2D eigenvalue weighted by atomic mass is 32.1. The number of thiazole rings is 3. The number of Topliss-reactive ketones (excluding diaryl/α,β-unsaturated/α-hetero) is 3. The van der Waals surface area contributed by atoms with Gasteiger partial charge in [-0.15, -0.1) is 34.0 Å². The van der Waals surface area contributed by atoms with Gasteiger partial charge in [-0.1, -0.05) is 182 Å². The first kappa shape index (κ1) is 103. The number of rotatable bonds is 47. The molecule has 6 aromatic carbocycles. The number of amides is 10. The largest absolute Gasteiger partial charge is 0.444 e. The van der Waals surface area contributed by atoms with Crippen molar-refractivity contribution in [1.29, 1.82) is 0 Å². The Hall–Kier alpha value is -11.8. The number of aliphatic hydroxyl groups excluding tert-OH is 2. The maximum absolute atomic E-state index is 13.9. The third-order valence-corrected chi connectivity index (χ3v) is 26.2. The summed E-state index contributed by atoms with van der Waals surface area (Å²) in [5, 5.41) is 40.5. The predicted octanol–water partition coefficient (Wildman–Crippen LogP) is 15.9. The van der Waals surface area contributed by atoms with Crippen molar-refractivity contribution < 1.29 is 72.4 Å². The number of aromatic nitrogens is 3. The van der Waals surface area contributed by atoms with E-state index in [0.29, 0.717) is 129 Å². The van der Waals surface area contributed by atoms with E-state index in [1.807, 2.05) is 170 Å². The molecule has 3 aliphatic rings. The number of urea groups is 3. The van der Waals surface area contributed by atoms with Crippen LogP contribution in [0.5, 0.6) is 0 Å². The van der Waals surface area contributed by atoms with Crippen molar-refractivity contribution in [2.75, 3.05) is 59.0 Å². The zero-order valence-electron chi connectivity index (χ0n) is 76.3. The Morgan fingerprint density at radius 1 is 0.331 bits per heavy atom. The molecule has 6 heterocycles. The number of aliphatic hydroxyl groups is 2. The Kier molecular flexibility index (Phi) is 45.8. The van der Waals surface area contributed by atoms with Crippen LogP contribution in [0.2, 0.25) is 0 Å². The number of ketones is 3. The van der Waals surface area contributed by atoms with Gasteiger partial charge < -0.3 is 76.3 Å². The Morgan fingerprint density at radius 2 is 0.586 bits per heavy atom. The molecule has 3 aromatic heterocycles. The number of ether oxygens (including phenoxy) is 3. The van der Waals surface area contributed by atoms with Crippen LogP contribution in [0.3, 0.4) is 0 Å². The molecule has 0 spiro atoms. The van der Waals surface area contributed by atoms with E-state index in [9.17, 15) is 58.2 Å². The number of hydrogen-bond donors (Lipinski definition) is 9. The molecule has 12 rings (SSSR count). The lowest BCUT2D eigenvalue weighted by molar-refractivity contribution is -0.123. The van der Waals surface area contributed by atoms with Gasteiger partial charge in [-0.25, -0.2) is 28.8 Å². The summed E-state index contributed by atoms with van der Waals surface area (Å²) < 4.78 is 16.4. The van der Waals surface area contributed by atoms with Crippen molar-refractivity contribution in [3.8, 4) is 0 Å². The van der Waals surface area contributed by atoms with Gasteiger partial charge in [0, 0.05) is 109 Å². The molecular formula is C102H131N13O15S3. The van der Waals surface area contributed by atoms with Crippen LogP contribution < -0.4 is 37.2 Å². The summed E-state index contributed by atoms with van der Waals surface area (Å²) in [6, 6.07) is 55.8. The minimum Gasteiger partial charge on any atom is -0.444 e.